The highest BCUT2D eigenvalue weighted by molar-refractivity contribution is 5.81. The van der Waals surface area contributed by atoms with Crippen LogP contribution in [0.5, 0.6) is 23.0 Å². The molecular weight excluding hydrogens is 633 g/mol. The highest BCUT2D eigenvalue weighted by Gasteiger charge is 2.17. The Labute approximate surface area is 305 Å². The van der Waals surface area contributed by atoms with E-state index >= 15 is 0 Å². The molecule has 0 saturated heterocycles. The highest BCUT2D eigenvalue weighted by Crippen LogP contribution is 2.40. The molecule has 1 heterocycles. The monoisotopic (exact) mass is 686 g/mol. The Morgan fingerprint density at radius 2 is 0.902 bits per heavy atom. The predicted octanol–water partition coefficient (Wildman–Crippen LogP) is 12.5. The molecule has 0 unspecified atom stereocenters. The third kappa shape index (κ3) is 11.0. The Hall–Kier alpha value is -4.97. The summed E-state index contributed by atoms with van der Waals surface area (Å²) in [6.45, 7) is 11.3. The summed E-state index contributed by atoms with van der Waals surface area (Å²) in [6.07, 6.45) is 8.20. The zero-order valence-electron chi connectivity index (χ0n) is 30.9. The average molecular weight is 687 g/mol. The lowest BCUT2D eigenvalue weighted by Crippen LogP contribution is -2.03. The molecule has 0 bridgehead atoms. The number of nitrogens with one attached hydrogen (secondary N) is 1. The second-order valence-electron chi connectivity index (χ2n) is 12.8. The largest absolute Gasteiger partial charge is 0.493 e. The lowest BCUT2D eigenvalue weighted by molar-refractivity contribution is 0.295. The maximum atomic E-state index is 6.42. The van der Waals surface area contributed by atoms with E-state index in [9.17, 15) is 0 Å². The van der Waals surface area contributed by atoms with Gasteiger partial charge in [0.2, 0.25) is 0 Å². The number of ether oxygens (including phenoxy) is 4. The molecule has 6 nitrogen and oxygen atoms in total. The molecule has 5 aromatic rings. The average Bonchev–Trinajstić information content (AvgIpc) is 3.16. The Balaban J connectivity index is 1.60. The second kappa shape index (κ2) is 20.0. The second-order valence-corrected chi connectivity index (χ2v) is 12.8. The molecule has 0 aliphatic carbocycles. The fraction of sp³-hybridized carbons (Fsp3) is 0.356. The van der Waals surface area contributed by atoms with Crippen molar-refractivity contribution in [1.29, 1.82) is 0 Å². The number of hydrogen-bond donors (Lipinski definition) is 1. The maximum absolute atomic E-state index is 6.42. The van der Waals surface area contributed by atoms with E-state index in [0.717, 1.165) is 119 Å². The van der Waals surface area contributed by atoms with Gasteiger partial charge in [0, 0.05) is 34.6 Å². The van der Waals surface area contributed by atoms with Crippen LogP contribution in [-0.4, -0.2) is 31.4 Å². The molecule has 0 amide bonds. The molecule has 0 aliphatic heterocycles. The van der Waals surface area contributed by atoms with Gasteiger partial charge in [0.25, 0.3) is 0 Å². The smallest absolute Gasteiger partial charge is 0.132 e. The van der Waals surface area contributed by atoms with Crippen molar-refractivity contribution in [2.75, 3.05) is 31.7 Å². The summed E-state index contributed by atoms with van der Waals surface area (Å²) in [6, 6.07) is 35.3. The van der Waals surface area contributed by atoms with Crippen molar-refractivity contribution in [1.82, 2.24) is 4.98 Å². The van der Waals surface area contributed by atoms with Crippen LogP contribution in [0.1, 0.15) is 79.1 Å². The van der Waals surface area contributed by atoms with E-state index in [0.29, 0.717) is 26.4 Å². The zero-order chi connectivity index (χ0) is 35.7. The van der Waals surface area contributed by atoms with Crippen LogP contribution < -0.4 is 24.3 Å². The van der Waals surface area contributed by atoms with Crippen molar-refractivity contribution in [3.8, 4) is 56.6 Å². The standard InChI is InChI=1S/C45H54N2O4/c1-5-9-26-48-38-22-24-40(44(32-38)50-28-11-7-3)42-30-35(34-18-20-37(21-19-34)46-36-16-14-13-15-17-36)31-43(47-42)41-25-23-39(49-27-10-6-2)33-45(41)51-29-12-8-4/h13-25,30-33,46H,5-12,26-29H2,1-4H3. The molecular formula is C45H54N2O4. The van der Waals surface area contributed by atoms with E-state index in [4.69, 9.17) is 23.9 Å². The zero-order valence-corrected chi connectivity index (χ0v) is 30.9. The molecule has 5 rings (SSSR count). The van der Waals surface area contributed by atoms with Crippen LogP contribution in [0, 0.1) is 0 Å². The summed E-state index contributed by atoms with van der Waals surface area (Å²) < 4.78 is 25.0. The number of aromatic nitrogens is 1. The van der Waals surface area contributed by atoms with Gasteiger partial charge in [0.15, 0.2) is 0 Å². The first kappa shape index (κ1) is 37.3. The first-order valence-electron chi connectivity index (χ1n) is 18.9. The van der Waals surface area contributed by atoms with Crippen molar-refractivity contribution in [2.24, 2.45) is 0 Å². The summed E-state index contributed by atoms with van der Waals surface area (Å²) in [7, 11) is 0. The van der Waals surface area contributed by atoms with Crippen molar-refractivity contribution < 1.29 is 18.9 Å². The van der Waals surface area contributed by atoms with Crippen LogP contribution in [0.3, 0.4) is 0 Å². The van der Waals surface area contributed by atoms with Crippen LogP contribution in [0.15, 0.2) is 103 Å². The number of nitrogens with zero attached hydrogens (tertiary/aromatic N) is 1. The van der Waals surface area contributed by atoms with E-state index in [1.807, 2.05) is 42.5 Å². The number of hydrogen-bond acceptors (Lipinski definition) is 6. The van der Waals surface area contributed by atoms with Gasteiger partial charge >= 0.3 is 0 Å². The lowest BCUT2D eigenvalue weighted by Gasteiger charge is -2.17. The quantitative estimate of drug-likeness (QED) is 0.0775. The van der Waals surface area contributed by atoms with Crippen molar-refractivity contribution in [2.45, 2.75) is 79.1 Å². The molecule has 268 valence electrons. The number of pyridine rings is 1. The van der Waals surface area contributed by atoms with E-state index < -0.39 is 0 Å². The van der Waals surface area contributed by atoms with Gasteiger partial charge < -0.3 is 24.3 Å². The third-order valence-corrected chi connectivity index (χ3v) is 8.61. The minimum atomic E-state index is 0.624. The number of unbranched alkanes of at least 4 members (excludes halogenated alkanes) is 4. The number of anilines is 2. The van der Waals surface area contributed by atoms with Crippen molar-refractivity contribution in [3.63, 3.8) is 0 Å². The molecule has 0 saturated carbocycles. The fourth-order valence-corrected chi connectivity index (χ4v) is 5.58. The molecule has 6 heteroatoms. The van der Waals surface area contributed by atoms with Gasteiger partial charge in [-0.05, 0) is 97.5 Å². The predicted molar refractivity (Wildman–Crippen MR) is 212 cm³/mol. The van der Waals surface area contributed by atoms with E-state index in [1.54, 1.807) is 0 Å². The molecule has 0 atom stereocenters. The SMILES string of the molecule is CCCCOc1ccc(-c2cc(-c3ccc(Nc4ccccc4)cc3)cc(-c3ccc(OCCCC)cc3OCCCC)n2)c(OCCCC)c1. The number of para-hydroxylation sites is 1. The Morgan fingerprint density at radius 1 is 0.451 bits per heavy atom. The Morgan fingerprint density at radius 3 is 1.37 bits per heavy atom. The summed E-state index contributed by atoms with van der Waals surface area (Å²) in [4.78, 5) is 5.31. The lowest BCUT2D eigenvalue weighted by atomic mass is 9.99. The van der Waals surface area contributed by atoms with Gasteiger partial charge in [-0.2, -0.15) is 0 Å². The first-order valence-corrected chi connectivity index (χ1v) is 18.9. The summed E-state index contributed by atoms with van der Waals surface area (Å²) in [5, 5.41) is 3.50. The Bertz CT molecular complexity index is 1690. The minimum absolute atomic E-state index is 0.624. The van der Waals surface area contributed by atoms with Crippen molar-refractivity contribution in [3.05, 3.63) is 103 Å². The van der Waals surface area contributed by atoms with Gasteiger partial charge in [-0.3, -0.25) is 0 Å². The van der Waals surface area contributed by atoms with Gasteiger partial charge in [0.1, 0.15) is 23.0 Å². The van der Waals surface area contributed by atoms with E-state index in [1.165, 1.54) is 0 Å². The van der Waals surface area contributed by atoms with E-state index in [-0.39, 0.29) is 0 Å². The molecule has 0 aliphatic rings. The maximum Gasteiger partial charge on any atom is 0.132 e. The summed E-state index contributed by atoms with van der Waals surface area (Å²) >= 11 is 0. The van der Waals surface area contributed by atoms with Gasteiger partial charge in [-0.25, -0.2) is 4.98 Å². The summed E-state index contributed by atoms with van der Waals surface area (Å²) in [5.41, 5.74) is 7.70. The molecule has 4 aromatic carbocycles. The normalized spacial score (nSPS) is 10.9. The minimum Gasteiger partial charge on any atom is -0.493 e. The topological polar surface area (TPSA) is 61.8 Å². The van der Waals surface area contributed by atoms with Gasteiger partial charge in [-0.15, -0.1) is 0 Å². The third-order valence-electron chi connectivity index (χ3n) is 8.61. The van der Waals surface area contributed by atoms with Gasteiger partial charge in [-0.1, -0.05) is 83.7 Å². The molecule has 0 fully saturated rings. The van der Waals surface area contributed by atoms with E-state index in [2.05, 4.69) is 93.7 Å². The summed E-state index contributed by atoms with van der Waals surface area (Å²) in [5.74, 6) is 3.16. The first-order chi connectivity index (χ1) is 25.1. The molecule has 0 spiro atoms. The number of rotatable bonds is 21. The molecule has 51 heavy (non-hydrogen) atoms. The van der Waals surface area contributed by atoms with Gasteiger partial charge in [0.05, 0.1) is 37.8 Å². The van der Waals surface area contributed by atoms with Crippen LogP contribution in [0.4, 0.5) is 11.4 Å². The number of benzene rings is 4. The molecule has 1 aromatic heterocycles. The molecule has 0 radical (unpaired) electrons. The van der Waals surface area contributed by atoms with Crippen molar-refractivity contribution >= 4 is 11.4 Å². The van der Waals surface area contributed by atoms with Crippen LogP contribution in [0.2, 0.25) is 0 Å². The Kier molecular flexibility index (Phi) is 14.6. The van der Waals surface area contributed by atoms with Crippen LogP contribution >= 0.6 is 0 Å². The molecule has 1 N–H and O–H groups in total. The highest BCUT2D eigenvalue weighted by atomic mass is 16.5. The van der Waals surface area contributed by atoms with Crippen LogP contribution in [0.25, 0.3) is 33.6 Å². The fourth-order valence-electron chi connectivity index (χ4n) is 5.58. The van der Waals surface area contributed by atoms with Crippen LogP contribution in [-0.2, 0) is 0 Å².